The summed E-state index contributed by atoms with van der Waals surface area (Å²) >= 11 is 0. The Balaban J connectivity index is 5.07. The summed E-state index contributed by atoms with van der Waals surface area (Å²) < 4.78 is 82.6. The minimum Gasteiger partial charge on any atom is -0.393 e. The van der Waals surface area contributed by atoms with Crippen LogP contribution in [0.1, 0.15) is 0 Å². The summed E-state index contributed by atoms with van der Waals surface area (Å²) in [5.41, 5.74) is 0. The molecule has 0 aliphatic heterocycles. The predicted molar refractivity (Wildman–Crippen MR) is 29.0 cm³/mol. The summed E-state index contributed by atoms with van der Waals surface area (Å²) in [7, 11) is 0. The molecule has 2 N–H and O–H groups in total. The van der Waals surface area contributed by atoms with Crippen molar-refractivity contribution in [2.75, 3.05) is 6.61 Å². The van der Waals surface area contributed by atoms with E-state index in [2.05, 4.69) is 0 Å². The maximum atomic E-state index is 12.2. The summed E-state index contributed by atoms with van der Waals surface area (Å²) in [6.45, 7) is -1.90. The third-order valence-corrected chi connectivity index (χ3v) is 1.37. The van der Waals surface area contributed by atoms with Gasteiger partial charge in [-0.3, -0.25) is 0 Å². The first-order valence-corrected chi connectivity index (χ1v) is 3.09. The summed E-state index contributed by atoms with van der Waals surface area (Å²) in [4.78, 5) is 0. The van der Waals surface area contributed by atoms with Gasteiger partial charge in [-0.25, -0.2) is 0 Å². The van der Waals surface area contributed by atoms with Crippen LogP contribution in [0.3, 0.4) is 0 Å². The molecule has 0 radical (unpaired) electrons. The van der Waals surface area contributed by atoms with Crippen LogP contribution in [-0.2, 0) is 0 Å². The van der Waals surface area contributed by atoms with Gasteiger partial charge in [-0.05, 0) is 0 Å². The minimum absolute atomic E-state index is 1.90. The zero-order chi connectivity index (χ0) is 11.8. The van der Waals surface area contributed by atoms with E-state index < -0.39 is 30.7 Å². The number of aliphatic hydroxyl groups is 2. The standard InChI is InChI=1S/C5H5F7O2/c6-3(7,2(14)1-13)4(8,9)5(10,11)12/h2,13-14H,1H2. The maximum Gasteiger partial charge on any atom is 0.459 e. The van der Waals surface area contributed by atoms with Crippen LogP contribution in [0.4, 0.5) is 30.7 Å². The van der Waals surface area contributed by atoms with Gasteiger partial charge in [-0.2, -0.15) is 30.7 Å². The zero-order valence-corrected chi connectivity index (χ0v) is 6.32. The van der Waals surface area contributed by atoms with E-state index in [1.165, 1.54) is 0 Å². The molecule has 0 aromatic carbocycles. The number of halogens is 7. The van der Waals surface area contributed by atoms with Gasteiger partial charge in [0.1, 0.15) is 6.10 Å². The predicted octanol–water partition coefficient (Wildman–Crippen LogP) is 1.17. The Morgan fingerprint density at radius 1 is 0.929 bits per heavy atom. The number of aliphatic hydroxyl groups excluding tert-OH is 2. The number of hydrogen-bond acceptors (Lipinski definition) is 2. The van der Waals surface area contributed by atoms with E-state index in [-0.39, 0.29) is 0 Å². The molecule has 0 aliphatic carbocycles. The Bertz CT molecular complexity index is 199. The van der Waals surface area contributed by atoms with Gasteiger partial charge in [0.05, 0.1) is 6.61 Å². The van der Waals surface area contributed by atoms with Crippen molar-refractivity contribution in [2.24, 2.45) is 0 Å². The van der Waals surface area contributed by atoms with Crippen LogP contribution in [0.5, 0.6) is 0 Å². The number of rotatable bonds is 3. The molecule has 0 saturated carbocycles. The van der Waals surface area contributed by atoms with Crippen molar-refractivity contribution in [3.8, 4) is 0 Å². The topological polar surface area (TPSA) is 40.5 Å². The number of hydrogen-bond donors (Lipinski definition) is 2. The van der Waals surface area contributed by atoms with Crippen LogP contribution in [-0.4, -0.2) is 40.9 Å². The van der Waals surface area contributed by atoms with Gasteiger partial charge < -0.3 is 10.2 Å². The molecule has 1 unspecified atom stereocenters. The molecule has 9 heteroatoms. The van der Waals surface area contributed by atoms with Crippen molar-refractivity contribution in [2.45, 2.75) is 24.1 Å². The SMILES string of the molecule is OCC(O)C(F)(F)C(F)(F)C(F)(F)F. The van der Waals surface area contributed by atoms with Crippen molar-refractivity contribution < 1.29 is 40.9 Å². The Kier molecular flexibility index (Phi) is 3.39. The van der Waals surface area contributed by atoms with E-state index in [4.69, 9.17) is 10.2 Å². The molecule has 0 rings (SSSR count). The fourth-order valence-corrected chi connectivity index (χ4v) is 0.513. The molecule has 14 heavy (non-hydrogen) atoms. The summed E-state index contributed by atoms with van der Waals surface area (Å²) in [6, 6.07) is 0. The smallest absolute Gasteiger partial charge is 0.393 e. The van der Waals surface area contributed by atoms with Crippen LogP contribution in [0.2, 0.25) is 0 Å². The third-order valence-electron chi connectivity index (χ3n) is 1.37. The average Bonchev–Trinajstić information content (AvgIpc) is 2.00. The fourth-order valence-electron chi connectivity index (χ4n) is 0.513. The second kappa shape index (κ2) is 3.54. The largest absolute Gasteiger partial charge is 0.459 e. The lowest BCUT2D eigenvalue weighted by Gasteiger charge is -2.30. The highest BCUT2D eigenvalue weighted by Gasteiger charge is 2.75. The lowest BCUT2D eigenvalue weighted by Crippen LogP contribution is -2.58. The van der Waals surface area contributed by atoms with Crippen LogP contribution in [0, 0.1) is 0 Å². The molecule has 1 atom stereocenters. The van der Waals surface area contributed by atoms with Crippen molar-refractivity contribution >= 4 is 0 Å². The van der Waals surface area contributed by atoms with Crippen molar-refractivity contribution in [1.82, 2.24) is 0 Å². The lowest BCUT2D eigenvalue weighted by atomic mass is 10.1. The van der Waals surface area contributed by atoms with Gasteiger partial charge in [-0.15, -0.1) is 0 Å². The Morgan fingerprint density at radius 3 is 1.50 bits per heavy atom. The molecule has 0 bridgehead atoms. The molecule has 0 aromatic rings. The van der Waals surface area contributed by atoms with Gasteiger partial charge >= 0.3 is 18.0 Å². The van der Waals surface area contributed by atoms with Crippen LogP contribution >= 0.6 is 0 Å². The second-order valence-electron chi connectivity index (χ2n) is 2.39. The monoisotopic (exact) mass is 230 g/mol. The first-order chi connectivity index (χ1) is 5.98. The molecule has 0 amide bonds. The van der Waals surface area contributed by atoms with Crippen molar-refractivity contribution in [3.05, 3.63) is 0 Å². The molecular weight excluding hydrogens is 225 g/mol. The first kappa shape index (κ1) is 13.4. The Hall–Kier alpha value is -0.570. The van der Waals surface area contributed by atoms with Gasteiger partial charge in [0, 0.05) is 0 Å². The van der Waals surface area contributed by atoms with Gasteiger partial charge in [0.15, 0.2) is 0 Å². The minimum atomic E-state index is -6.49. The summed E-state index contributed by atoms with van der Waals surface area (Å²) in [5.74, 6) is -12.2. The van der Waals surface area contributed by atoms with Crippen molar-refractivity contribution in [3.63, 3.8) is 0 Å². The number of alkyl halides is 7. The Morgan fingerprint density at radius 2 is 1.29 bits per heavy atom. The molecule has 2 nitrogen and oxygen atoms in total. The van der Waals surface area contributed by atoms with E-state index in [1.54, 1.807) is 0 Å². The highest BCUT2D eigenvalue weighted by Crippen LogP contribution is 2.47. The average molecular weight is 230 g/mol. The van der Waals surface area contributed by atoms with Gasteiger partial charge in [0.2, 0.25) is 0 Å². The normalized spacial score (nSPS) is 16.9. The molecule has 0 heterocycles. The molecule has 86 valence electrons. The van der Waals surface area contributed by atoms with E-state index in [0.29, 0.717) is 0 Å². The molecule has 0 fully saturated rings. The van der Waals surface area contributed by atoms with E-state index in [0.717, 1.165) is 0 Å². The van der Waals surface area contributed by atoms with Crippen molar-refractivity contribution in [1.29, 1.82) is 0 Å². The highest BCUT2D eigenvalue weighted by atomic mass is 19.4. The second-order valence-corrected chi connectivity index (χ2v) is 2.39. The highest BCUT2D eigenvalue weighted by molar-refractivity contribution is 4.95. The first-order valence-electron chi connectivity index (χ1n) is 3.09. The summed E-state index contributed by atoms with van der Waals surface area (Å²) in [6.07, 6.45) is -9.97. The zero-order valence-electron chi connectivity index (χ0n) is 6.32. The van der Waals surface area contributed by atoms with E-state index in [9.17, 15) is 30.7 Å². The molecule has 0 aromatic heterocycles. The molecular formula is C5H5F7O2. The lowest BCUT2D eigenvalue weighted by molar-refractivity contribution is -0.372. The van der Waals surface area contributed by atoms with E-state index in [1.807, 2.05) is 0 Å². The summed E-state index contributed by atoms with van der Waals surface area (Å²) in [5, 5.41) is 16.0. The van der Waals surface area contributed by atoms with Crippen LogP contribution in [0.25, 0.3) is 0 Å². The van der Waals surface area contributed by atoms with Crippen LogP contribution in [0.15, 0.2) is 0 Å². The fraction of sp³-hybridized carbons (Fsp3) is 1.00. The van der Waals surface area contributed by atoms with Crippen LogP contribution < -0.4 is 0 Å². The quantitative estimate of drug-likeness (QED) is 0.714. The van der Waals surface area contributed by atoms with E-state index >= 15 is 0 Å². The molecule has 0 spiro atoms. The van der Waals surface area contributed by atoms with Gasteiger partial charge in [0.25, 0.3) is 0 Å². The molecule has 0 saturated heterocycles. The molecule has 0 aliphatic rings. The third kappa shape index (κ3) is 1.92. The maximum absolute atomic E-state index is 12.2. The Labute approximate surface area is 72.9 Å². The van der Waals surface area contributed by atoms with Gasteiger partial charge in [-0.1, -0.05) is 0 Å².